The summed E-state index contributed by atoms with van der Waals surface area (Å²) in [6.45, 7) is 0. The smallest absolute Gasteiger partial charge is 0.336 e. The van der Waals surface area contributed by atoms with Crippen LogP contribution in [0.15, 0.2) is 48.5 Å². The van der Waals surface area contributed by atoms with Crippen LogP contribution >= 0.6 is 0 Å². The lowest BCUT2D eigenvalue weighted by atomic mass is 9.96. The molecule has 82 valence electrons. The fourth-order valence-electron chi connectivity index (χ4n) is 1.72. The third kappa shape index (κ3) is 2.01. The Morgan fingerprint density at radius 2 is 1.59 bits per heavy atom. The summed E-state index contributed by atoms with van der Waals surface area (Å²) in [7, 11) is 0. The first-order valence-corrected chi connectivity index (χ1v) is 5.06. The van der Waals surface area contributed by atoms with Crippen LogP contribution in [0.25, 0.3) is 11.1 Å². The zero-order chi connectivity index (χ0) is 12.3. The van der Waals surface area contributed by atoms with Crippen molar-refractivity contribution < 1.29 is 9.90 Å². The number of rotatable bonds is 2. The molecule has 1 N–H and O–H groups in total. The van der Waals surface area contributed by atoms with E-state index >= 15 is 0 Å². The van der Waals surface area contributed by atoms with E-state index in [2.05, 4.69) is 6.07 Å². The predicted octanol–water partition coefficient (Wildman–Crippen LogP) is 2.92. The second kappa shape index (κ2) is 4.50. The van der Waals surface area contributed by atoms with Gasteiger partial charge >= 0.3 is 5.97 Å². The third-order valence-corrected chi connectivity index (χ3v) is 2.50. The summed E-state index contributed by atoms with van der Waals surface area (Å²) in [5, 5.41) is 18.1. The first kappa shape index (κ1) is 10.9. The number of hydrogen-bond donors (Lipinski definition) is 1. The molecule has 0 unspecified atom stereocenters. The SMILES string of the molecule is N#Cc1ccccc1-c1ccccc1C(=O)O. The van der Waals surface area contributed by atoms with Crippen molar-refractivity contribution >= 4 is 5.97 Å². The minimum absolute atomic E-state index is 0.204. The van der Waals surface area contributed by atoms with Gasteiger partial charge in [0.1, 0.15) is 0 Å². The van der Waals surface area contributed by atoms with Crippen LogP contribution in [0.1, 0.15) is 15.9 Å². The number of nitrogens with zero attached hydrogens (tertiary/aromatic N) is 1. The topological polar surface area (TPSA) is 61.1 Å². The van der Waals surface area contributed by atoms with Crippen molar-refractivity contribution in [1.29, 1.82) is 5.26 Å². The second-order valence-corrected chi connectivity index (χ2v) is 3.51. The van der Waals surface area contributed by atoms with Crippen LogP contribution in [0.2, 0.25) is 0 Å². The lowest BCUT2D eigenvalue weighted by Crippen LogP contribution is -1.99. The van der Waals surface area contributed by atoms with E-state index in [1.165, 1.54) is 6.07 Å². The maximum atomic E-state index is 11.1. The van der Waals surface area contributed by atoms with Gasteiger partial charge in [0.15, 0.2) is 0 Å². The first-order chi connectivity index (χ1) is 8.24. The number of nitriles is 1. The molecule has 0 saturated heterocycles. The van der Waals surface area contributed by atoms with E-state index in [9.17, 15) is 4.79 Å². The molecule has 0 aliphatic carbocycles. The quantitative estimate of drug-likeness (QED) is 0.851. The zero-order valence-electron chi connectivity index (χ0n) is 8.92. The molecule has 0 spiro atoms. The summed E-state index contributed by atoms with van der Waals surface area (Å²) in [5.41, 5.74) is 1.89. The second-order valence-electron chi connectivity index (χ2n) is 3.51. The summed E-state index contributed by atoms with van der Waals surface area (Å²) in [4.78, 5) is 11.1. The molecular weight excluding hydrogens is 214 g/mol. The van der Waals surface area contributed by atoms with Crippen LogP contribution in [0.4, 0.5) is 0 Å². The molecular formula is C14H9NO2. The molecule has 3 nitrogen and oxygen atoms in total. The summed E-state index contributed by atoms with van der Waals surface area (Å²) < 4.78 is 0. The van der Waals surface area contributed by atoms with Crippen LogP contribution in [0.5, 0.6) is 0 Å². The van der Waals surface area contributed by atoms with Gasteiger partial charge in [-0.15, -0.1) is 0 Å². The fraction of sp³-hybridized carbons (Fsp3) is 0. The fourth-order valence-corrected chi connectivity index (χ4v) is 1.72. The van der Waals surface area contributed by atoms with Gasteiger partial charge in [-0.25, -0.2) is 4.79 Å². The van der Waals surface area contributed by atoms with E-state index in [-0.39, 0.29) is 5.56 Å². The molecule has 0 bridgehead atoms. The van der Waals surface area contributed by atoms with E-state index in [1.54, 1.807) is 42.5 Å². The Kier molecular flexibility index (Phi) is 2.89. The van der Waals surface area contributed by atoms with Gasteiger partial charge in [-0.2, -0.15) is 5.26 Å². The van der Waals surface area contributed by atoms with Crippen molar-refractivity contribution in [2.24, 2.45) is 0 Å². The Bertz CT molecular complexity index is 612. The van der Waals surface area contributed by atoms with E-state index in [1.807, 2.05) is 0 Å². The molecule has 2 aromatic carbocycles. The minimum atomic E-state index is -0.992. The summed E-state index contributed by atoms with van der Waals surface area (Å²) in [5.74, 6) is -0.992. The molecule has 0 aromatic heterocycles. The molecule has 0 fully saturated rings. The molecule has 2 aromatic rings. The lowest BCUT2D eigenvalue weighted by Gasteiger charge is -2.07. The van der Waals surface area contributed by atoms with Crippen molar-refractivity contribution in [1.82, 2.24) is 0 Å². The van der Waals surface area contributed by atoms with Crippen LogP contribution in [-0.2, 0) is 0 Å². The number of benzene rings is 2. The van der Waals surface area contributed by atoms with Gasteiger partial charge in [-0.1, -0.05) is 36.4 Å². The number of hydrogen-bond acceptors (Lipinski definition) is 2. The van der Waals surface area contributed by atoms with Gasteiger partial charge in [0, 0.05) is 5.56 Å². The summed E-state index contributed by atoms with van der Waals surface area (Å²) >= 11 is 0. The van der Waals surface area contributed by atoms with Crippen molar-refractivity contribution in [2.75, 3.05) is 0 Å². The van der Waals surface area contributed by atoms with E-state index in [4.69, 9.17) is 10.4 Å². The van der Waals surface area contributed by atoms with E-state index in [0.717, 1.165) is 0 Å². The largest absolute Gasteiger partial charge is 0.478 e. The number of carbonyl (C=O) groups is 1. The van der Waals surface area contributed by atoms with Gasteiger partial charge in [0.2, 0.25) is 0 Å². The predicted molar refractivity (Wildman–Crippen MR) is 63.6 cm³/mol. The molecule has 0 aliphatic heterocycles. The molecule has 0 aliphatic rings. The molecule has 0 heterocycles. The number of aromatic carboxylic acids is 1. The Morgan fingerprint density at radius 1 is 1.00 bits per heavy atom. The van der Waals surface area contributed by atoms with Gasteiger partial charge < -0.3 is 5.11 Å². The highest BCUT2D eigenvalue weighted by Gasteiger charge is 2.12. The Morgan fingerprint density at radius 3 is 2.24 bits per heavy atom. The highest BCUT2D eigenvalue weighted by molar-refractivity contribution is 5.96. The molecule has 3 heteroatoms. The van der Waals surface area contributed by atoms with E-state index < -0.39 is 5.97 Å². The summed E-state index contributed by atoms with van der Waals surface area (Å²) in [6.07, 6.45) is 0. The van der Waals surface area contributed by atoms with Crippen LogP contribution in [0, 0.1) is 11.3 Å². The minimum Gasteiger partial charge on any atom is -0.478 e. The number of carboxylic acid groups (broad SMARTS) is 1. The normalized spacial score (nSPS) is 9.59. The first-order valence-electron chi connectivity index (χ1n) is 5.06. The molecule has 17 heavy (non-hydrogen) atoms. The van der Waals surface area contributed by atoms with Crippen LogP contribution < -0.4 is 0 Å². The molecule has 2 rings (SSSR count). The van der Waals surface area contributed by atoms with Crippen molar-refractivity contribution in [3.8, 4) is 17.2 Å². The average molecular weight is 223 g/mol. The maximum Gasteiger partial charge on any atom is 0.336 e. The maximum absolute atomic E-state index is 11.1. The van der Waals surface area contributed by atoms with Crippen LogP contribution in [0.3, 0.4) is 0 Å². The summed E-state index contributed by atoms with van der Waals surface area (Å²) in [6, 6.07) is 15.7. The van der Waals surface area contributed by atoms with Crippen molar-refractivity contribution in [3.05, 3.63) is 59.7 Å². The molecule has 0 amide bonds. The Balaban J connectivity index is 2.69. The molecule has 0 saturated carbocycles. The van der Waals surface area contributed by atoms with Crippen molar-refractivity contribution in [3.63, 3.8) is 0 Å². The average Bonchev–Trinajstić information content (AvgIpc) is 2.38. The van der Waals surface area contributed by atoms with Crippen LogP contribution in [-0.4, -0.2) is 11.1 Å². The standard InChI is InChI=1S/C14H9NO2/c15-9-10-5-1-2-6-11(10)12-7-3-4-8-13(12)14(16)17/h1-8H,(H,16,17). The number of carboxylic acids is 1. The van der Waals surface area contributed by atoms with E-state index in [0.29, 0.717) is 16.7 Å². The molecule has 0 atom stereocenters. The molecule has 0 radical (unpaired) electrons. The van der Waals surface area contributed by atoms with Gasteiger partial charge in [0.05, 0.1) is 17.2 Å². The van der Waals surface area contributed by atoms with Crippen molar-refractivity contribution in [2.45, 2.75) is 0 Å². The van der Waals surface area contributed by atoms with Gasteiger partial charge in [-0.05, 0) is 17.7 Å². The van der Waals surface area contributed by atoms with Gasteiger partial charge in [-0.3, -0.25) is 0 Å². The van der Waals surface area contributed by atoms with Gasteiger partial charge in [0.25, 0.3) is 0 Å². The zero-order valence-corrected chi connectivity index (χ0v) is 8.92. The monoisotopic (exact) mass is 223 g/mol. The highest BCUT2D eigenvalue weighted by atomic mass is 16.4. The Labute approximate surface area is 98.6 Å². The lowest BCUT2D eigenvalue weighted by molar-refractivity contribution is 0.0697. The Hall–Kier alpha value is -2.60. The highest BCUT2D eigenvalue weighted by Crippen LogP contribution is 2.26. The third-order valence-electron chi connectivity index (χ3n) is 2.50.